The predicted octanol–water partition coefficient (Wildman–Crippen LogP) is 4.75. The van der Waals surface area contributed by atoms with Crippen molar-refractivity contribution in [3.8, 4) is 0 Å². The first-order chi connectivity index (χ1) is 16.6. The standard InChI is InChI=1S/C25H29N5O4S/c1-25(2,3)34-24(31)28-16-9-11-17(12-10-16)30-21-19-13-14-26-22(19)27-15-20(21)29-23(30)35(32,33)18-7-5-4-6-8-18/h4-8,13-17H,9-12H2,1-3H3,(H,26,27)(H,28,31). The van der Waals surface area contributed by atoms with E-state index in [0.717, 1.165) is 10.9 Å². The molecule has 184 valence electrons. The zero-order valence-corrected chi connectivity index (χ0v) is 20.8. The van der Waals surface area contributed by atoms with Crippen molar-refractivity contribution >= 4 is 38.0 Å². The number of hydrogen-bond acceptors (Lipinski definition) is 6. The second kappa shape index (κ2) is 8.67. The van der Waals surface area contributed by atoms with E-state index >= 15 is 0 Å². The van der Waals surface area contributed by atoms with E-state index in [-0.39, 0.29) is 22.1 Å². The number of aromatic amines is 1. The molecule has 10 heteroatoms. The largest absolute Gasteiger partial charge is 0.444 e. The average Bonchev–Trinajstić information content (AvgIpc) is 3.43. The molecule has 0 saturated heterocycles. The first-order valence-electron chi connectivity index (χ1n) is 11.8. The van der Waals surface area contributed by atoms with Crippen LogP contribution in [0, 0.1) is 0 Å². The Hall–Kier alpha value is -3.40. The van der Waals surface area contributed by atoms with Gasteiger partial charge in [-0.15, -0.1) is 0 Å². The number of imidazole rings is 1. The van der Waals surface area contributed by atoms with Gasteiger partial charge in [0.2, 0.25) is 15.0 Å². The minimum absolute atomic E-state index is 0.0257. The maximum absolute atomic E-state index is 13.7. The summed E-state index contributed by atoms with van der Waals surface area (Å²) in [4.78, 5) is 24.5. The highest BCUT2D eigenvalue weighted by atomic mass is 32.2. The van der Waals surface area contributed by atoms with Gasteiger partial charge < -0.3 is 19.6 Å². The van der Waals surface area contributed by atoms with Gasteiger partial charge in [0.05, 0.1) is 16.6 Å². The smallest absolute Gasteiger partial charge is 0.407 e. The van der Waals surface area contributed by atoms with Crippen molar-refractivity contribution in [2.75, 3.05) is 0 Å². The van der Waals surface area contributed by atoms with Crippen molar-refractivity contribution < 1.29 is 17.9 Å². The number of pyridine rings is 1. The lowest BCUT2D eigenvalue weighted by molar-refractivity contribution is 0.0488. The number of nitrogens with zero attached hydrogens (tertiary/aromatic N) is 3. The average molecular weight is 496 g/mol. The van der Waals surface area contributed by atoms with E-state index in [0.29, 0.717) is 36.8 Å². The van der Waals surface area contributed by atoms with Crippen LogP contribution in [-0.4, -0.2) is 45.7 Å². The fourth-order valence-corrected chi connectivity index (χ4v) is 6.20. The Labute approximate surface area is 203 Å². The number of aromatic nitrogens is 4. The van der Waals surface area contributed by atoms with Gasteiger partial charge in [-0.3, -0.25) is 0 Å². The highest BCUT2D eigenvalue weighted by Gasteiger charge is 2.33. The molecular formula is C25H29N5O4S. The third-order valence-corrected chi connectivity index (χ3v) is 7.94. The van der Waals surface area contributed by atoms with Crippen LogP contribution in [0.4, 0.5) is 4.79 Å². The van der Waals surface area contributed by atoms with Gasteiger partial charge in [-0.25, -0.2) is 23.2 Å². The van der Waals surface area contributed by atoms with Gasteiger partial charge in [0.25, 0.3) is 0 Å². The second-order valence-electron chi connectivity index (χ2n) is 9.96. The van der Waals surface area contributed by atoms with Crippen LogP contribution < -0.4 is 5.32 Å². The highest BCUT2D eigenvalue weighted by Crippen LogP contribution is 2.37. The second-order valence-corrected chi connectivity index (χ2v) is 11.8. The number of benzene rings is 1. The summed E-state index contributed by atoms with van der Waals surface area (Å²) < 4.78 is 34.7. The van der Waals surface area contributed by atoms with Crippen LogP contribution in [0.5, 0.6) is 0 Å². The van der Waals surface area contributed by atoms with E-state index in [1.165, 1.54) is 0 Å². The van der Waals surface area contributed by atoms with Crippen molar-refractivity contribution in [1.29, 1.82) is 0 Å². The van der Waals surface area contributed by atoms with Crippen LogP contribution in [0.2, 0.25) is 0 Å². The molecule has 1 fully saturated rings. The van der Waals surface area contributed by atoms with Crippen LogP contribution in [0.25, 0.3) is 22.1 Å². The molecule has 0 aliphatic heterocycles. The predicted molar refractivity (Wildman–Crippen MR) is 132 cm³/mol. The lowest BCUT2D eigenvalue weighted by atomic mass is 9.91. The van der Waals surface area contributed by atoms with Crippen LogP contribution in [0.3, 0.4) is 0 Å². The molecule has 4 aromatic rings. The van der Waals surface area contributed by atoms with Gasteiger partial charge in [-0.05, 0) is 64.7 Å². The van der Waals surface area contributed by atoms with E-state index in [4.69, 9.17) is 4.74 Å². The topological polar surface area (TPSA) is 119 Å². The summed E-state index contributed by atoms with van der Waals surface area (Å²) in [5.41, 5.74) is 1.42. The monoisotopic (exact) mass is 495 g/mol. The first-order valence-corrected chi connectivity index (χ1v) is 13.3. The number of sulfone groups is 1. The number of H-pyrrole nitrogens is 1. The van der Waals surface area contributed by atoms with E-state index in [1.807, 2.05) is 31.4 Å². The zero-order chi connectivity index (χ0) is 24.8. The Morgan fingerprint density at radius 3 is 2.51 bits per heavy atom. The molecule has 0 spiro atoms. The van der Waals surface area contributed by atoms with Crippen molar-refractivity contribution in [2.24, 2.45) is 0 Å². The summed E-state index contributed by atoms with van der Waals surface area (Å²) in [6, 6.07) is 10.2. The first kappa shape index (κ1) is 23.3. The number of carbonyl (C=O) groups excluding carboxylic acids is 1. The van der Waals surface area contributed by atoms with Crippen molar-refractivity contribution in [1.82, 2.24) is 24.8 Å². The molecule has 0 unspecified atom stereocenters. The Morgan fingerprint density at radius 1 is 1.11 bits per heavy atom. The molecule has 1 amide bonds. The summed E-state index contributed by atoms with van der Waals surface area (Å²) >= 11 is 0. The van der Waals surface area contributed by atoms with Gasteiger partial charge in [-0.1, -0.05) is 18.2 Å². The van der Waals surface area contributed by atoms with E-state index in [1.54, 1.807) is 42.7 Å². The molecule has 5 rings (SSSR count). The summed E-state index contributed by atoms with van der Waals surface area (Å²) in [6.07, 6.45) is 5.77. The Kier molecular flexibility index (Phi) is 5.79. The fourth-order valence-electron chi connectivity index (χ4n) is 4.76. The molecule has 9 nitrogen and oxygen atoms in total. The van der Waals surface area contributed by atoms with Crippen molar-refractivity contribution in [3.63, 3.8) is 0 Å². The molecule has 0 atom stereocenters. The van der Waals surface area contributed by atoms with Gasteiger partial charge >= 0.3 is 6.09 Å². The molecular weight excluding hydrogens is 466 g/mol. The van der Waals surface area contributed by atoms with Crippen molar-refractivity contribution in [2.45, 2.75) is 74.2 Å². The normalized spacial score (nSPS) is 19.2. The van der Waals surface area contributed by atoms with Crippen LogP contribution in [0.15, 0.2) is 58.8 Å². The van der Waals surface area contributed by atoms with E-state index in [9.17, 15) is 13.2 Å². The van der Waals surface area contributed by atoms with Gasteiger partial charge in [0.15, 0.2) is 0 Å². The molecule has 1 aromatic carbocycles. The van der Waals surface area contributed by atoms with E-state index < -0.39 is 21.5 Å². The van der Waals surface area contributed by atoms with E-state index in [2.05, 4.69) is 20.3 Å². The lowest BCUT2D eigenvalue weighted by Gasteiger charge is -2.31. The minimum Gasteiger partial charge on any atom is -0.444 e. The molecule has 1 aliphatic carbocycles. The lowest BCUT2D eigenvalue weighted by Crippen LogP contribution is -2.41. The summed E-state index contributed by atoms with van der Waals surface area (Å²) in [7, 11) is -3.86. The summed E-state index contributed by atoms with van der Waals surface area (Å²) in [5, 5.41) is 3.81. The van der Waals surface area contributed by atoms with Crippen LogP contribution in [0.1, 0.15) is 52.5 Å². The molecule has 3 heterocycles. The quantitative estimate of drug-likeness (QED) is 0.422. The molecule has 0 bridgehead atoms. The number of nitrogens with one attached hydrogen (secondary N) is 2. The molecule has 35 heavy (non-hydrogen) atoms. The number of hydrogen-bond donors (Lipinski definition) is 2. The van der Waals surface area contributed by atoms with Gasteiger partial charge in [-0.2, -0.15) is 0 Å². The van der Waals surface area contributed by atoms with Crippen LogP contribution in [-0.2, 0) is 14.6 Å². The number of fused-ring (bicyclic) bond motifs is 3. The zero-order valence-electron chi connectivity index (χ0n) is 20.0. The molecule has 1 saturated carbocycles. The van der Waals surface area contributed by atoms with Gasteiger partial charge in [0.1, 0.15) is 16.8 Å². The van der Waals surface area contributed by atoms with Gasteiger partial charge in [0, 0.05) is 23.7 Å². The Balaban J connectivity index is 1.52. The number of ether oxygens (including phenoxy) is 1. The summed E-state index contributed by atoms with van der Waals surface area (Å²) in [5.74, 6) is 0. The molecule has 3 aromatic heterocycles. The van der Waals surface area contributed by atoms with Crippen LogP contribution >= 0.6 is 0 Å². The highest BCUT2D eigenvalue weighted by molar-refractivity contribution is 7.91. The Morgan fingerprint density at radius 2 is 1.83 bits per heavy atom. The fraction of sp³-hybridized carbons (Fsp3) is 0.400. The minimum atomic E-state index is -3.86. The third kappa shape index (κ3) is 4.50. The number of carbonyl (C=O) groups is 1. The molecule has 0 radical (unpaired) electrons. The van der Waals surface area contributed by atoms with Crippen molar-refractivity contribution in [3.05, 3.63) is 48.8 Å². The number of rotatable bonds is 4. The SMILES string of the molecule is CC(C)(C)OC(=O)NC1CCC(n2c(S(=O)(=O)c3ccccc3)nc3cnc4[nH]ccc4c32)CC1. The third-order valence-electron chi connectivity index (χ3n) is 6.28. The number of alkyl carbamates (subject to hydrolysis) is 1. The molecule has 1 aliphatic rings. The summed E-state index contributed by atoms with van der Waals surface area (Å²) in [6.45, 7) is 5.50. The molecule has 2 N–H and O–H groups in total. The Bertz CT molecular complexity index is 1480. The maximum atomic E-state index is 13.7. The maximum Gasteiger partial charge on any atom is 0.407 e. The number of amides is 1.